The van der Waals surface area contributed by atoms with Crippen LogP contribution in [-0.2, 0) is 0 Å². The van der Waals surface area contributed by atoms with E-state index in [1.165, 1.54) is 82.5 Å². The van der Waals surface area contributed by atoms with Gasteiger partial charge in [0.25, 0.3) is 0 Å². The summed E-state index contributed by atoms with van der Waals surface area (Å²) in [5.74, 6) is 35.0. The van der Waals surface area contributed by atoms with E-state index >= 15 is 0 Å². The Morgan fingerprint density at radius 1 is 0.224 bits per heavy atom. The zero-order chi connectivity index (χ0) is 60.6. The Morgan fingerprint density at radius 2 is 0.576 bits per heavy atom. The molecule has 0 radical (unpaired) electrons. The van der Waals surface area contributed by atoms with Gasteiger partial charge in [0, 0.05) is 0 Å². The van der Waals surface area contributed by atoms with Gasteiger partial charge < -0.3 is 0 Å². The topological polar surface area (TPSA) is 0 Å². The highest BCUT2D eigenvalue weighted by Gasteiger charge is 2.53. The largest absolute Gasteiger partial charge is 0.0651 e. The predicted octanol–water partition coefficient (Wildman–Crippen LogP) is 26.6. The molecule has 85 heavy (non-hydrogen) atoms. The molecule has 22 aliphatic carbocycles. The molecule has 0 heteroatoms. The van der Waals surface area contributed by atoms with Gasteiger partial charge in [0.1, 0.15) is 0 Å². The Morgan fingerprint density at radius 3 is 0.824 bits per heavy atom. The first-order valence-corrected chi connectivity index (χ1v) is 40.8. The van der Waals surface area contributed by atoms with Crippen molar-refractivity contribution in [1.29, 1.82) is 0 Å². The second-order valence-electron chi connectivity index (χ2n) is 37.9. The van der Waals surface area contributed by atoms with Gasteiger partial charge in [0.15, 0.2) is 0 Å². The first kappa shape index (κ1) is 69.3. The van der Waals surface area contributed by atoms with Crippen LogP contribution >= 0.6 is 0 Å². The van der Waals surface area contributed by atoms with Gasteiger partial charge in [-0.25, -0.2) is 0 Å². The molecular formula is C85H154. The second kappa shape index (κ2) is 32.7. The van der Waals surface area contributed by atoms with Gasteiger partial charge in [-0.3, -0.25) is 0 Å². The van der Waals surface area contributed by atoms with Crippen molar-refractivity contribution in [3.63, 3.8) is 0 Å². The maximum Gasteiger partial charge on any atom is -0.0334 e. The minimum absolute atomic E-state index is 0.935. The summed E-state index contributed by atoms with van der Waals surface area (Å²) in [4.78, 5) is 0. The molecule has 0 aromatic rings. The van der Waals surface area contributed by atoms with Crippen LogP contribution in [0, 0.1) is 189 Å². The average Bonchev–Trinajstić information content (AvgIpc) is 1.95. The molecule has 22 rings (SSSR count). The van der Waals surface area contributed by atoms with Crippen LogP contribution in [0.15, 0.2) is 0 Å². The Hall–Kier alpha value is 0. The highest BCUT2D eigenvalue weighted by atomic mass is 14.6. The van der Waals surface area contributed by atoms with Gasteiger partial charge in [-0.05, 0) is 337 Å². The summed E-state index contributed by atoms with van der Waals surface area (Å²) >= 11 is 0. The lowest BCUT2D eigenvalue weighted by Crippen LogP contribution is -2.52. The zero-order valence-corrected chi connectivity index (χ0v) is 60.6. The summed E-state index contributed by atoms with van der Waals surface area (Å²) in [7, 11) is 0. The Balaban J connectivity index is 0.000000115. The van der Waals surface area contributed by atoms with Crippen LogP contribution < -0.4 is 0 Å². The van der Waals surface area contributed by atoms with Gasteiger partial charge in [0.2, 0.25) is 0 Å². The lowest BCUT2D eigenvalue weighted by Gasteiger charge is -2.60. The van der Waals surface area contributed by atoms with Crippen molar-refractivity contribution < 1.29 is 0 Å². The fourth-order valence-corrected chi connectivity index (χ4v) is 25.8. The van der Waals surface area contributed by atoms with E-state index < -0.39 is 0 Å². The molecule has 0 spiro atoms. The lowest BCUT2D eigenvalue weighted by atomic mass is 9.45. The van der Waals surface area contributed by atoms with Crippen molar-refractivity contribution in [2.75, 3.05) is 0 Å². The monoisotopic (exact) mass is 1180 g/mol. The van der Waals surface area contributed by atoms with Crippen LogP contribution in [0.2, 0.25) is 0 Å². The molecule has 0 aromatic carbocycles. The van der Waals surface area contributed by atoms with Crippen LogP contribution in [0.1, 0.15) is 348 Å². The molecule has 494 valence electrons. The quantitative estimate of drug-likeness (QED) is 0.216. The SMILES string of the molecule is CC(C)C1C2CC1C2.CC(C)C1C2CCC1C2.CC(C)C1C2CCC1CC2.CC(C)C1CC2CC1C2.CC(C)C1CC2CCC1C2.CC(C)C1CCCC1.CC(C)C1CCCCC1.CCC1C2CC3CC(C2)CC1C3.CCC1CC2CCC1CC2. The third-order valence-electron chi connectivity index (χ3n) is 30.7. The maximum atomic E-state index is 2.41. The zero-order valence-electron chi connectivity index (χ0n) is 60.6. The molecule has 0 heterocycles. The summed E-state index contributed by atoms with van der Waals surface area (Å²) in [6.45, 7) is 38.0. The third kappa shape index (κ3) is 18.0. The predicted molar refractivity (Wildman–Crippen MR) is 373 cm³/mol. The van der Waals surface area contributed by atoms with Crippen LogP contribution in [0.25, 0.3) is 0 Å². The van der Waals surface area contributed by atoms with Crippen molar-refractivity contribution in [3.8, 4) is 0 Å². The molecule has 16 bridgehead atoms. The fraction of sp³-hybridized carbons (Fsp3) is 1.00. The summed E-state index contributed by atoms with van der Waals surface area (Å²) < 4.78 is 0. The Kier molecular flexibility index (Phi) is 26.7. The molecule has 0 N–H and O–H groups in total. The van der Waals surface area contributed by atoms with Gasteiger partial charge in [0.05, 0.1) is 0 Å². The number of hydrogen-bond donors (Lipinski definition) is 0. The number of fused-ring (bicyclic) bond motifs is 9. The smallest absolute Gasteiger partial charge is 0.0334 e. The van der Waals surface area contributed by atoms with Gasteiger partial charge in [-0.15, -0.1) is 0 Å². The third-order valence-corrected chi connectivity index (χ3v) is 30.7. The highest BCUT2D eigenvalue weighted by Crippen LogP contribution is 2.62. The maximum absolute atomic E-state index is 2.41. The first-order valence-electron chi connectivity index (χ1n) is 40.8. The van der Waals surface area contributed by atoms with Crippen molar-refractivity contribution in [1.82, 2.24) is 0 Å². The Labute approximate surface area is 534 Å². The molecule has 0 aliphatic heterocycles. The van der Waals surface area contributed by atoms with Gasteiger partial charge >= 0.3 is 0 Å². The molecule has 0 amide bonds. The molecule has 0 aromatic heterocycles. The van der Waals surface area contributed by atoms with E-state index in [4.69, 9.17) is 0 Å². The molecule has 7 atom stereocenters. The van der Waals surface area contributed by atoms with Crippen LogP contribution in [-0.4, -0.2) is 0 Å². The van der Waals surface area contributed by atoms with Crippen molar-refractivity contribution in [3.05, 3.63) is 0 Å². The van der Waals surface area contributed by atoms with Gasteiger partial charge in [-0.2, -0.15) is 0 Å². The summed E-state index contributed by atoms with van der Waals surface area (Å²) in [5.41, 5.74) is 0. The standard InChI is InChI=1S/C12H20.3C10H18.2C9H16.C9H18.C8H14.C8H16/c1-2-12-10-4-8-3-9(6-10)7-11(12)5-8;1-7(2)10-6-8-3-4-9(10)5-8;1-7(2)10-8-3-4-9(10)6-5-8;1-2-9-7-8-3-5-10(9)6-4-8;1-6(2)9-5-7-3-8(9)4-7;1-6(2)9-7-3-4-8(9)5-7;1-8(2)9-6-4-3-5-7-9;1-5(2)8-6-3-7(8)4-6;1-7(2)8-5-3-4-6-8/h8-12H,2-7H2,1H3;2*7-10H,3-6H2,1-2H3;8-10H,2-7H2,1H3;2*6-9H,3-5H2,1-2H3;8-9H,3-7H2,1-2H3;5-8H,3-4H2,1-2H3;7-8H,3-6H2,1-2H3. The Bertz CT molecular complexity index is 1730. The van der Waals surface area contributed by atoms with Crippen LogP contribution in [0.5, 0.6) is 0 Å². The minimum atomic E-state index is 0.935. The van der Waals surface area contributed by atoms with E-state index in [0.717, 1.165) is 178 Å². The fourth-order valence-electron chi connectivity index (χ4n) is 25.8. The molecule has 22 aliphatic rings. The molecule has 0 saturated heterocycles. The molecular weight excluding hydrogens is 1020 g/mol. The van der Waals surface area contributed by atoms with E-state index in [1.807, 2.05) is 0 Å². The van der Waals surface area contributed by atoms with Gasteiger partial charge in [-0.1, -0.05) is 201 Å². The molecule has 0 nitrogen and oxygen atoms in total. The molecule has 22 saturated carbocycles. The summed E-state index contributed by atoms with van der Waals surface area (Å²) in [6.07, 6.45) is 57.1. The lowest BCUT2D eigenvalue weighted by molar-refractivity contribution is -0.107. The molecule has 22 fully saturated rings. The van der Waals surface area contributed by atoms with Crippen molar-refractivity contribution in [2.24, 2.45) is 189 Å². The van der Waals surface area contributed by atoms with E-state index in [2.05, 4.69) is 111 Å². The van der Waals surface area contributed by atoms with E-state index in [1.54, 1.807) is 167 Å². The number of rotatable bonds is 9. The van der Waals surface area contributed by atoms with E-state index in [0.29, 0.717) is 0 Å². The normalized spacial score (nSPS) is 43.4. The van der Waals surface area contributed by atoms with Crippen LogP contribution in [0.3, 0.4) is 0 Å². The van der Waals surface area contributed by atoms with E-state index in [9.17, 15) is 0 Å². The van der Waals surface area contributed by atoms with E-state index in [-0.39, 0.29) is 0 Å². The summed E-state index contributed by atoms with van der Waals surface area (Å²) in [6, 6.07) is 0. The van der Waals surface area contributed by atoms with Crippen LogP contribution in [0.4, 0.5) is 0 Å². The highest BCUT2D eigenvalue weighted by molar-refractivity contribution is 5.03. The molecule has 7 unspecified atom stereocenters. The number of hydrogen-bond acceptors (Lipinski definition) is 0. The van der Waals surface area contributed by atoms with Crippen molar-refractivity contribution >= 4 is 0 Å². The second-order valence-corrected chi connectivity index (χ2v) is 37.9. The minimum Gasteiger partial charge on any atom is -0.0651 e. The summed E-state index contributed by atoms with van der Waals surface area (Å²) in [5, 5.41) is 0. The first-order chi connectivity index (χ1) is 40.8. The van der Waals surface area contributed by atoms with Crippen molar-refractivity contribution in [2.45, 2.75) is 348 Å². The average molecular weight is 1180 g/mol.